The molecule has 1 nitrogen and oxygen atoms in total. The van der Waals surface area contributed by atoms with E-state index >= 15 is 0 Å². The van der Waals surface area contributed by atoms with Crippen molar-refractivity contribution in [3.8, 4) is 0 Å². The largest absolute Gasteiger partial charge is 0.303 e. The molecule has 0 unspecified atom stereocenters. The molecule has 0 saturated heterocycles. The summed E-state index contributed by atoms with van der Waals surface area (Å²) in [5.41, 5.74) is 1.14. The van der Waals surface area contributed by atoms with E-state index in [0.717, 1.165) is 23.3 Å². The predicted octanol–water partition coefficient (Wildman–Crippen LogP) is 3.44. The molecule has 0 heterocycles. The summed E-state index contributed by atoms with van der Waals surface area (Å²) in [6.45, 7) is 0. The minimum atomic E-state index is 0.120. The van der Waals surface area contributed by atoms with Gasteiger partial charge in [-0.3, -0.25) is 0 Å². The second-order valence-corrected chi connectivity index (χ2v) is 5.12. The molecular weight excluding hydrogens is 220 g/mol. The Kier molecular flexibility index (Phi) is 2.36. The highest BCUT2D eigenvalue weighted by atomic mass is 35.5. The van der Waals surface area contributed by atoms with E-state index in [2.05, 4.69) is 18.2 Å². The zero-order valence-electron chi connectivity index (χ0n) is 8.84. The first kappa shape index (κ1) is 10.1. The van der Waals surface area contributed by atoms with Crippen molar-refractivity contribution in [3.05, 3.63) is 47.0 Å². The number of hydrogen-bond acceptors (Lipinski definition) is 1. The number of carbonyl (C=O) groups excluding carboxylic acids is 1. The molecule has 1 aromatic carbocycles. The van der Waals surface area contributed by atoms with Crippen molar-refractivity contribution in [3.63, 3.8) is 0 Å². The predicted molar refractivity (Wildman–Crippen MR) is 64.5 cm³/mol. The van der Waals surface area contributed by atoms with E-state index in [4.69, 9.17) is 11.6 Å². The average Bonchev–Trinajstić information content (AvgIpc) is 2.89. The Morgan fingerprint density at radius 1 is 1.19 bits per heavy atom. The van der Waals surface area contributed by atoms with Gasteiger partial charge >= 0.3 is 0 Å². The van der Waals surface area contributed by atoms with Crippen LogP contribution in [-0.4, -0.2) is 6.29 Å². The minimum absolute atomic E-state index is 0.120. The third-order valence-electron chi connectivity index (χ3n) is 3.94. The number of fused-ring (bicyclic) bond motifs is 2. The highest BCUT2D eigenvalue weighted by molar-refractivity contribution is 6.31. The average molecular weight is 233 g/mol. The van der Waals surface area contributed by atoms with Gasteiger partial charge in [0.15, 0.2) is 0 Å². The molecular formula is C14H13ClO. The van der Waals surface area contributed by atoms with Gasteiger partial charge in [0.05, 0.1) is 0 Å². The van der Waals surface area contributed by atoms with Crippen molar-refractivity contribution in [1.29, 1.82) is 0 Å². The summed E-state index contributed by atoms with van der Waals surface area (Å²) in [4.78, 5) is 11.2. The van der Waals surface area contributed by atoms with Gasteiger partial charge < -0.3 is 4.79 Å². The fraction of sp³-hybridized carbons (Fsp3) is 0.357. The van der Waals surface area contributed by atoms with E-state index in [1.54, 1.807) is 0 Å². The van der Waals surface area contributed by atoms with Crippen LogP contribution in [0.5, 0.6) is 0 Å². The van der Waals surface area contributed by atoms with Crippen LogP contribution in [0.15, 0.2) is 36.4 Å². The SMILES string of the molecule is O=C[C@@H]1[C@@H](c2ccccc2Cl)[C@@H]2C=C[C@H]1C2. The van der Waals surface area contributed by atoms with Gasteiger partial charge in [0.1, 0.15) is 6.29 Å². The van der Waals surface area contributed by atoms with Gasteiger partial charge in [-0.05, 0) is 29.9 Å². The summed E-state index contributed by atoms with van der Waals surface area (Å²) >= 11 is 6.22. The fourth-order valence-corrected chi connectivity index (χ4v) is 3.49. The highest BCUT2D eigenvalue weighted by Crippen LogP contribution is 2.53. The van der Waals surface area contributed by atoms with E-state index in [1.807, 2.05) is 18.2 Å². The molecule has 2 aliphatic carbocycles. The second-order valence-electron chi connectivity index (χ2n) is 4.71. The molecule has 82 valence electrons. The Labute approximate surface area is 100 Å². The summed E-state index contributed by atoms with van der Waals surface area (Å²) in [6.07, 6.45) is 6.66. The number of hydrogen-bond donors (Lipinski definition) is 0. The van der Waals surface area contributed by atoms with Crippen LogP contribution in [0.1, 0.15) is 17.9 Å². The van der Waals surface area contributed by atoms with E-state index in [1.165, 1.54) is 0 Å². The number of allylic oxidation sites excluding steroid dienone is 2. The van der Waals surface area contributed by atoms with Crippen molar-refractivity contribution < 1.29 is 4.79 Å². The minimum Gasteiger partial charge on any atom is -0.303 e. The van der Waals surface area contributed by atoms with Crippen LogP contribution in [0.25, 0.3) is 0 Å². The topological polar surface area (TPSA) is 17.1 Å². The van der Waals surface area contributed by atoms with E-state index < -0.39 is 0 Å². The standard InChI is InChI=1S/C14H13ClO/c15-13-4-2-1-3-11(13)14-10-6-5-9(7-10)12(14)8-16/h1-6,8-10,12,14H,7H2/t9-,10+,12-,14+/m0/s1. The maximum atomic E-state index is 11.2. The quantitative estimate of drug-likeness (QED) is 0.564. The zero-order chi connectivity index (χ0) is 11.1. The summed E-state index contributed by atoms with van der Waals surface area (Å²) in [5, 5.41) is 0.792. The van der Waals surface area contributed by atoms with Gasteiger partial charge in [-0.1, -0.05) is 42.0 Å². The number of rotatable bonds is 2. The molecule has 2 heteroatoms. The second kappa shape index (κ2) is 3.74. The molecule has 0 aromatic heterocycles. The normalized spacial score (nSPS) is 35.6. The van der Waals surface area contributed by atoms with Crippen molar-refractivity contribution in [2.45, 2.75) is 12.3 Å². The van der Waals surface area contributed by atoms with E-state index in [9.17, 15) is 4.79 Å². The molecule has 0 radical (unpaired) electrons. The lowest BCUT2D eigenvalue weighted by Gasteiger charge is -2.24. The van der Waals surface area contributed by atoms with E-state index in [-0.39, 0.29) is 5.92 Å². The molecule has 0 N–H and O–H groups in total. The molecule has 2 bridgehead atoms. The van der Waals surface area contributed by atoms with Gasteiger partial charge in [-0.2, -0.15) is 0 Å². The van der Waals surface area contributed by atoms with Crippen molar-refractivity contribution in [2.75, 3.05) is 0 Å². The number of benzene rings is 1. The molecule has 0 spiro atoms. The molecule has 0 amide bonds. The Hall–Kier alpha value is -1.08. The van der Waals surface area contributed by atoms with Crippen LogP contribution in [0.4, 0.5) is 0 Å². The van der Waals surface area contributed by atoms with Gasteiger partial charge in [-0.15, -0.1) is 0 Å². The van der Waals surface area contributed by atoms with Crippen LogP contribution in [-0.2, 0) is 4.79 Å². The molecule has 0 aliphatic heterocycles. The van der Waals surface area contributed by atoms with Gasteiger partial charge in [0.25, 0.3) is 0 Å². The highest BCUT2D eigenvalue weighted by Gasteiger charge is 2.45. The van der Waals surface area contributed by atoms with Gasteiger partial charge in [-0.25, -0.2) is 0 Å². The van der Waals surface area contributed by atoms with Crippen LogP contribution >= 0.6 is 11.6 Å². The first-order chi connectivity index (χ1) is 7.81. The summed E-state index contributed by atoms with van der Waals surface area (Å²) in [6, 6.07) is 7.90. The smallest absolute Gasteiger partial charge is 0.124 e. The lowest BCUT2D eigenvalue weighted by Crippen LogP contribution is -2.19. The van der Waals surface area contributed by atoms with Crippen LogP contribution in [0, 0.1) is 17.8 Å². The maximum Gasteiger partial charge on any atom is 0.124 e. The molecule has 2 aliphatic rings. The summed E-state index contributed by atoms with van der Waals surface area (Å²) < 4.78 is 0. The molecule has 16 heavy (non-hydrogen) atoms. The van der Waals surface area contributed by atoms with Gasteiger partial charge in [0.2, 0.25) is 0 Å². The first-order valence-electron chi connectivity index (χ1n) is 5.69. The molecule has 4 atom stereocenters. The van der Waals surface area contributed by atoms with E-state index in [0.29, 0.717) is 17.8 Å². The fourth-order valence-electron chi connectivity index (χ4n) is 3.23. The van der Waals surface area contributed by atoms with Crippen LogP contribution in [0.2, 0.25) is 5.02 Å². The Morgan fingerprint density at radius 2 is 1.94 bits per heavy atom. The lowest BCUT2D eigenvalue weighted by atomic mass is 9.79. The maximum absolute atomic E-state index is 11.2. The molecule has 1 saturated carbocycles. The third-order valence-corrected chi connectivity index (χ3v) is 4.29. The van der Waals surface area contributed by atoms with Crippen molar-refractivity contribution in [2.24, 2.45) is 17.8 Å². The van der Waals surface area contributed by atoms with Crippen LogP contribution < -0.4 is 0 Å². The van der Waals surface area contributed by atoms with Crippen LogP contribution in [0.3, 0.4) is 0 Å². The third kappa shape index (κ3) is 1.35. The lowest BCUT2D eigenvalue weighted by molar-refractivity contribution is -0.112. The summed E-state index contributed by atoms with van der Waals surface area (Å²) in [7, 11) is 0. The van der Waals surface area contributed by atoms with Crippen molar-refractivity contribution >= 4 is 17.9 Å². The molecule has 1 aromatic rings. The number of carbonyl (C=O) groups is 1. The first-order valence-corrected chi connectivity index (χ1v) is 6.07. The monoisotopic (exact) mass is 232 g/mol. The van der Waals surface area contributed by atoms with Gasteiger partial charge in [0, 0.05) is 16.9 Å². The number of aldehydes is 1. The van der Waals surface area contributed by atoms with Crippen molar-refractivity contribution in [1.82, 2.24) is 0 Å². The summed E-state index contributed by atoms with van der Waals surface area (Å²) in [5.74, 6) is 1.35. The zero-order valence-corrected chi connectivity index (χ0v) is 9.60. The molecule has 3 rings (SSSR count). The number of halogens is 1. The Morgan fingerprint density at radius 3 is 2.69 bits per heavy atom. The Balaban J connectivity index is 2.04. The molecule has 1 fully saturated rings. The Bertz CT molecular complexity index is 452.